The zero-order valence-corrected chi connectivity index (χ0v) is 16.8. The largest absolute Gasteiger partial charge is 0.310 e. The first kappa shape index (κ1) is 19.0. The van der Waals surface area contributed by atoms with Crippen LogP contribution in [-0.4, -0.2) is 43.5 Å². The number of carbonyl (C=O) groups is 1. The highest BCUT2D eigenvalue weighted by molar-refractivity contribution is 7.16. The van der Waals surface area contributed by atoms with E-state index >= 15 is 0 Å². The fourth-order valence-electron chi connectivity index (χ4n) is 3.29. The van der Waals surface area contributed by atoms with Crippen molar-refractivity contribution in [2.75, 3.05) is 18.4 Å². The van der Waals surface area contributed by atoms with Crippen LogP contribution >= 0.6 is 22.9 Å². The number of halogens is 1. The summed E-state index contributed by atoms with van der Waals surface area (Å²) in [7, 11) is 0. The van der Waals surface area contributed by atoms with Crippen LogP contribution in [0.5, 0.6) is 0 Å². The number of aromatic nitrogens is 4. The second-order valence-electron chi connectivity index (χ2n) is 6.80. The van der Waals surface area contributed by atoms with E-state index in [1.807, 2.05) is 6.92 Å². The van der Waals surface area contributed by atoms with Crippen LogP contribution < -0.4 is 10.9 Å². The Labute approximate surface area is 170 Å². The zero-order chi connectivity index (χ0) is 19.7. The topological polar surface area (TPSA) is 92.5 Å². The molecular weight excluding hydrogens is 400 g/mol. The van der Waals surface area contributed by atoms with E-state index < -0.39 is 0 Å². The van der Waals surface area contributed by atoms with Crippen LogP contribution in [0.4, 0.5) is 5.82 Å². The van der Waals surface area contributed by atoms with E-state index in [1.165, 1.54) is 28.1 Å². The van der Waals surface area contributed by atoms with Gasteiger partial charge in [-0.1, -0.05) is 22.9 Å². The first-order chi connectivity index (χ1) is 13.5. The molecule has 1 saturated heterocycles. The molecule has 3 aromatic heterocycles. The summed E-state index contributed by atoms with van der Waals surface area (Å²) in [5, 5.41) is 8.35. The zero-order valence-electron chi connectivity index (χ0n) is 15.3. The molecule has 146 valence electrons. The van der Waals surface area contributed by atoms with Gasteiger partial charge in [0.15, 0.2) is 0 Å². The summed E-state index contributed by atoms with van der Waals surface area (Å²) < 4.78 is 1.34. The van der Waals surface area contributed by atoms with Crippen molar-refractivity contribution in [3.8, 4) is 0 Å². The smallest absolute Gasteiger partial charge is 0.275 e. The van der Waals surface area contributed by atoms with Gasteiger partial charge in [-0.15, -0.1) is 0 Å². The number of pyridine rings is 1. The van der Waals surface area contributed by atoms with E-state index in [1.54, 1.807) is 12.1 Å². The highest BCUT2D eigenvalue weighted by Crippen LogP contribution is 2.21. The third-order valence-corrected chi connectivity index (χ3v) is 5.77. The molecule has 0 bridgehead atoms. The fourth-order valence-corrected chi connectivity index (χ4v) is 4.17. The van der Waals surface area contributed by atoms with Gasteiger partial charge in [-0.25, -0.2) is 9.97 Å². The molecule has 1 fully saturated rings. The number of hydrogen-bond acceptors (Lipinski definition) is 7. The summed E-state index contributed by atoms with van der Waals surface area (Å²) in [6.45, 7) is 3.99. The molecule has 4 heterocycles. The Bertz CT molecular complexity index is 1060. The molecule has 0 spiro atoms. The number of nitrogens with zero attached hydrogens (tertiary/aromatic N) is 5. The average molecular weight is 419 g/mol. The number of nitrogens with one attached hydrogen (secondary N) is 1. The van der Waals surface area contributed by atoms with Gasteiger partial charge in [0.1, 0.15) is 10.8 Å². The number of rotatable bonds is 4. The summed E-state index contributed by atoms with van der Waals surface area (Å²) in [6.07, 6.45) is 3.01. The number of anilines is 1. The van der Waals surface area contributed by atoms with E-state index in [0.29, 0.717) is 22.3 Å². The minimum Gasteiger partial charge on any atom is -0.310 e. The van der Waals surface area contributed by atoms with E-state index in [9.17, 15) is 9.59 Å². The quantitative estimate of drug-likeness (QED) is 0.699. The number of hydrogen-bond donors (Lipinski definition) is 1. The predicted octanol–water partition coefficient (Wildman–Crippen LogP) is 2.36. The molecule has 4 rings (SSSR count). The van der Waals surface area contributed by atoms with Crippen molar-refractivity contribution in [2.24, 2.45) is 5.92 Å². The normalized spacial score (nSPS) is 15.8. The Morgan fingerprint density at radius 3 is 2.86 bits per heavy atom. The Morgan fingerprint density at radius 2 is 2.14 bits per heavy atom. The second-order valence-corrected chi connectivity index (χ2v) is 8.40. The number of piperidine rings is 1. The first-order valence-corrected chi connectivity index (χ1v) is 10.2. The van der Waals surface area contributed by atoms with Crippen LogP contribution in [-0.2, 0) is 11.3 Å². The van der Waals surface area contributed by atoms with Gasteiger partial charge in [-0.3, -0.25) is 14.5 Å². The number of amides is 1. The predicted molar refractivity (Wildman–Crippen MR) is 108 cm³/mol. The average Bonchev–Trinajstić information content (AvgIpc) is 3.05. The minimum absolute atomic E-state index is 0.0209. The molecule has 8 nitrogen and oxygen atoms in total. The fraction of sp³-hybridized carbons (Fsp3) is 0.389. The molecule has 10 heteroatoms. The molecule has 0 aliphatic carbocycles. The summed E-state index contributed by atoms with van der Waals surface area (Å²) in [6, 6.07) is 4.93. The maximum Gasteiger partial charge on any atom is 0.275 e. The van der Waals surface area contributed by atoms with Gasteiger partial charge in [0.2, 0.25) is 10.9 Å². The van der Waals surface area contributed by atoms with E-state index in [4.69, 9.17) is 11.6 Å². The van der Waals surface area contributed by atoms with Crippen molar-refractivity contribution in [3.05, 3.63) is 50.5 Å². The highest BCUT2D eigenvalue weighted by Gasteiger charge is 2.25. The van der Waals surface area contributed by atoms with Gasteiger partial charge in [-0.2, -0.15) is 9.61 Å². The van der Waals surface area contributed by atoms with Gasteiger partial charge in [0, 0.05) is 24.7 Å². The third kappa shape index (κ3) is 4.21. The van der Waals surface area contributed by atoms with Gasteiger partial charge in [0.25, 0.3) is 5.56 Å². The molecule has 0 aromatic carbocycles. The SMILES string of the molecule is Cc1nn2c(=O)cc(CN3CCC(C(=O)Nc4ccc(Cl)cn4)CC3)nc2s1. The van der Waals surface area contributed by atoms with Gasteiger partial charge in [0.05, 0.1) is 10.7 Å². The number of aryl methyl sites for hydroxylation is 1. The van der Waals surface area contributed by atoms with Crippen molar-refractivity contribution >= 4 is 39.6 Å². The highest BCUT2D eigenvalue weighted by atomic mass is 35.5. The molecule has 0 unspecified atom stereocenters. The summed E-state index contributed by atoms with van der Waals surface area (Å²) in [5.74, 6) is 0.431. The van der Waals surface area contributed by atoms with Crippen molar-refractivity contribution in [1.82, 2.24) is 24.5 Å². The van der Waals surface area contributed by atoms with Crippen molar-refractivity contribution < 1.29 is 4.79 Å². The number of carbonyl (C=O) groups excluding carboxylic acids is 1. The summed E-state index contributed by atoms with van der Waals surface area (Å²) >= 11 is 7.22. The van der Waals surface area contributed by atoms with Crippen LogP contribution in [0, 0.1) is 12.8 Å². The lowest BCUT2D eigenvalue weighted by molar-refractivity contribution is -0.121. The molecule has 1 aliphatic rings. The molecule has 1 N–H and O–H groups in total. The van der Waals surface area contributed by atoms with E-state index in [0.717, 1.165) is 36.6 Å². The lowest BCUT2D eigenvalue weighted by Gasteiger charge is -2.30. The Morgan fingerprint density at radius 1 is 1.36 bits per heavy atom. The maximum atomic E-state index is 12.4. The van der Waals surface area contributed by atoms with Crippen LogP contribution in [0.2, 0.25) is 5.02 Å². The lowest BCUT2D eigenvalue weighted by Crippen LogP contribution is -2.38. The van der Waals surface area contributed by atoms with Crippen LogP contribution in [0.15, 0.2) is 29.2 Å². The van der Waals surface area contributed by atoms with E-state index in [2.05, 4.69) is 25.3 Å². The van der Waals surface area contributed by atoms with Crippen LogP contribution in [0.1, 0.15) is 23.5 Å². The number of fused-ring (bicyclic) bond motifs is 1. The molecule has 0 radical (unpaired) electrons. The standard InChI is InChI=1S/C18H19ClN6O2S/c1-11-23-25-16(26)8-14(21-18(25)28-11)10-24-6-4-12(5-7-24)17(27)22-15-3-2-13(19)9-20-15/h2-3,8-9,12H,4-7,10H2,1H3,(H,20,22,27). The monoisotopic (exact) mass is 418 g/mol. The van der Waals surface area contributed by atoms with Crippen molar-refractivity contribution in [3.63, 3.8) is 0 Å². The molecule has 28 heavy (non-hydrogen) atoms. The molecular formula is C18H19ClN6O2S. The van der Waals surface area contributed by atoms with E-state index in [-0.39, 0.29) is 17.4 Å². The molecule has 0 saturated carbocycles. The van der Waals surface area contributed by atoms with Gasteiger partial charge < -0.3 is 5.32 Å². The van der Waals surface area contributed by atoms with Crippen LogP contribution in [0.25, 0.3) is 4.96 Å². The molecule has 1 aliphatic heterocycles. The molecule has 1 amide bonds. The lowest BCUT2D eigenvalue weighted by atomic mass is 9.96. The van der Waals surface area contributed by atoms with Gasteiger partial charge >= 0.3 is 0 Å². The summed E-state index contributed by atoms with van der Waals surface area (Å²) in [4.78, 5) is 36.1. The minimum atomic E-state index is -0.158. The van der Waals surface area contributed by atoms with Gasteiger partial charge in [-0.05, 0) is 45.0 Å². The molecule has 0 atom stereocenters. The third-order valence-electron chi connectivity index (χ3n) is 4.72. The summed E-state index contributed by atoms with van der Waals surface area (Å²) in [5.41, 5.74) is 0.580. The maximum absolute atomic E-state index is 12.4. The Balaban J connectivity index is 1.34. The van der Waals surface area contributed by atoms with Crippen LogP contribution in [0.3, 0.4) is 0 Å². The Kier molecular flexibility index (Phi) is 5.38. The van der Waals surface area contributed by atoms with Crippen molar-refractivity contribution in [2.45, 2.75) is 26.3 Å². The number of likely N-dealkylation sites (tertiary alicyclic amines) is 1. The second kappa shape index (κ2) is 7.94. The Hall–Kier alpha value is -2.36. The van der Waals surface area contributed by atoms with Crippen molar-refractivity contribution in [1.29, 1.82) is 0 Å². The first-order valence-electron chi connectivity index (χ1n) is 8.99. The molecule has 3 aromatic rings.